The van der Waals surface area contributed by atoms with Gasteiger partial charge in [0.15, 0.2) is 5.82 Å². The van der Waals surface area contributed by atoms with Crippen molar-refractivity contribution in [2.45, 2.75) is 57.4 Å². The number of hydrogen-bond acceptors (Lipinski definition) is 7. The van der Waals surface area contributed by atoms with Crippen molar-refractivity contribution >= 4 is 17.6 Å². The Kier molecular flexibility index (Phi) is 10.5. The van der Waals surface area contributed by atoms with Gasteiger partial charge in [-0.3, -0.25) is 0 Å². The van der Waals surface area contributed by atoms with Gasteiger partial charge in [0.05, 0.1) is 0 Å². The maximum atomic E-state index is 13.0. The number of unbranched alkanes of at least 4 members (excludes halogenated alkanes) is 1. The van der Waals surface area contributed by atoms with E-state index in [9.17, 15) is 18.7 Å². The predicted molar refractivity (Wildman–Crippen MR) is 148 cm³/mol. The number of aryl methyl sites for hydroxylation is 2. The van der Waals surface area contributed by atoms with Gasteiger partial charge in [0.2, 0.25) is 6.43 Å². The van der Waals surface area contributed by atoms with E-state index >= 15 is 0 Å². The molecule has 1 aromatic carbocycles. The van der Waals surface area contributed by atoms with Crippen LogP contribution in [0.5, 0.6) is 0 Å². The highest BCUT2D eigenvalue weighted by atomic mass is 19.3. The Morgan fingerprint density at radius 1 is 1.03 bits per heavy atom. The number of carboxylic acid groups (broad SMARTS) is 1. The van der Waals surface area contributed by atoms with Gasteiger partial charge in [-0.05, 0) is 62.8 Å². The molecule has 0 radical (unpaired) electrons. The molecule has 8 nitrogen and oxygen atoms in total. The third kappa shape index (κ3) is 8.95. The number of carboxylic acids is 1. The number of aromatic nitrogens is 3. The fourth-order valence-corrected chi connectivity index (χ4v) is 4.68. The predicted octanol–water partition coefficient (Wildman–Crippen LogP) is 5.13. The van der Waals surface area contributed by atoms with E-state index in [0.29, 0.717) is 24.7 Å². The summed E-state index contributed by atoms with van der Waals surface area (Å²) in [5.41, 5.74) is 3.10. The minimum absolute atomic E-state index is 0.219. The van der Waals surface area contributed by atoms with Crippen LogP contribution in [0.4, 0.5) is 20.4 Å². The molecule has 39 heavy (non-hydrogen) atoms. The number of benzene rings is 1. The zero-order valence-corrected chi connectivity index (χ0v) is 22.0. The summed E-state index contributed by atoms with van der Waals surface area (Å²) < 4.78 is 25.9. The van der Waals surface area contributed by atoms with Crippen LogP contribution in [0.2, 0.25) is 0 Å². The second kappa shape index (κ2) is 14.5. The van der Waals surface area contributed by atoms with Crippen LogP contribution in [-0.2, 0) is 17.6 Å². The Balaban J connectivity index is 1.30. The Morgan fingerprint density at radius 3 is 2.64 bits per heavy atom. The molecule has 0 bridgehead atoms. The summed E-state index contributed by atoms with van der Waals surface area (Å²) in [6, 6.07) is 14.3. The SMILES string of the molecule is O=C(O)C(CCN(CCCCc1ccc2c(n1)NCCC2)CCC(F)F)Nc1ccnc(-c2ccccc2)n1. The molecule has 3 heterocycles. The van der Waals surface area contributed by atoms with Gasteiger partial charge < -0.3 is 20.6 Å². The molecule has 1 unspecified atom stereocenters. The van der Waals surface area contributed by atoms with Gasteiger partial charge in [-0.15, -0.1) is 0 Å². The Bertz CT molecular complexity index is 1200. The lowest BCUT2D eigenvalue weighted by molar-refractivity contribution is -0.138. The molecular formula is C29H36F2N6O2. The molecule has 0 amide bonds. The van der Waals surface area contributed by atoms with E-state index < -0.39 is 18.4 Å². The van der Waals surface area contributed by atoms with Crippen molar-refractivity contribution in [3.8, 4) is 11.4 Å². The number of nitrogens with zero attached hydrogens (tertiary/aromatic N) is 4. The second-order valence-corrected chi connectivity index (χ2v) is 9.77. The molecule has 0 aliphatic carbocycles. The molecule has 0 fully saturated rings. The van der Waals surface area contributed by atoms with Crippen molar-refractivity contribution in [3.05, 3.63) is 66.0 Å². The molecule has 0 saturated carbocycles. The van der Waals surface area contributed by atoms with Crippen molar-refractivity contribution in [1.29, 1.82) is 0 Å². The molecule has 3 N–H and O–H groups in total. The van der Waals surface area contributed by atoms with Gasteiger partial charge in [0.25, 0.3) is 0 Å². The molecule has 0 spiro atoms. The third-order valence-corrected chi connectivity index (χ3v) is 6.81. The van der Waals surface area contributed by atoms with Crippen LogP contribution in [0.15, 0.2) is 54.7 Å². The number of aliphatic carboxylic acids is 1. The number of alkyl halides is 2. The maximum absolute atomic E-state index is 13.0. The summed E-state index contributed by atoms with van der Waals surface area (Å²) in [6.07, 6.45) is 3.87. The van der Waals surface area contributed by atoms with Gasteiger partial charge in [-0.1, -0.05) is 36.4 Å². The van der Waals surface area contributed by atoms with Crippen LogP contribution in [-0.4, -0.2) is 69.6 Å². The number of hydrogen-bond donors (Lipinski definition) is 3. The Labute approximate surface area is 227 Å². The lowest BCUT2D eigenvalue weighted by Crippen LogP contribution is -2.36. The summed E-state index contributed by atoms with van der Waals surface area (Å²) in [5.74, 6) is 0.856. The first-order valence-corrected chi connectivity index (χ1v) is 13.6. The van der Waals surface area contributed by atoms with E-state index in [0.717, 1.165) is 55.7 Å². The number of halogens is 2. The average molecular weight is 539 g/mol. The lowest BCUT2D eigenvalue weighted by Gasteiger charge is -2.24. The largest absolute Gasteiger partial charge is 0.480 e. The van der Waals surface area contributed by atoms with Crippen LogP contribution in [0.3, 0.4) is 0 Å². The maximum Gasteiger partial charge on any atom is 0.326 e. The average Bonchev–Trinajstić information content (AvgIpc) is 2.95. The number of carbonyl (C=O) groups is 1. The van der Waals surface area contributed by atoms with Crippen LogP contribution in [0.1, 0.15) is 43.4 Å². The van der Waals surface area contributed by atoms with Crippen LogP contribution >= 0.6 is 0 Å². The number of pyridine rings is 1. The molecule has 0 saturated heterocycles. The van der Waals surface area contributed by atoms with Gasteiger partial charge >= 0.3 is 5.97 Å². The molecule has 2 aromatic heterocycles. The Morgan fingerprint density at radius 2 is 1.85 bits per heavy atom. The monoisotopic (exact) mass is 538 g/mol. The Hall–Kier alpha value is -3.66. The van der Waals surface area contributed by atoms with E-state index in [1.807, 2.05) is 35.2 Å². The molecule has 208 valence electrons. The molecule has 10 heteroatoms. The molecule has 1 atom stereocenters. The van der Waals surface area contributed by atoms with Gasteiger partial charge in [-0.2, -0.15) is 0 Å². The fraction of sp³-hybridized carbons (Fsp3) is 0.448. The van der Waals surface area contributed by atoms with E-state index in [2.05, 4.69) is 32.7 Å². The zero-order valence-electron chi connectivity index (χ0n) is 22.0. The van der Waals surface area contributed by atoms with Crippen molar-refractivity contribution < 1.29 is 18.7 Å². The summed E-state index contributed by atoms with van der Waals surface area (Å²) >= 11 is 0. The van der Waals surface area contributed by atoms with E-state index in [1.165, 1.54) is 5.56 Å². The molecule has 1 aliphatic heterocycles. The van der Waals surface area contributed by atoms with E-state index in [1.54, 1.807) is 12.3 Å². The zero-order chi connectivity index (χ0) is 27.5. The third-order valence-electron chi connectivity index (χ3n) is 6.81. The summed E-state index contributed by atoms with van der Waals surface area (Å²) in [6.45, 7) is 2.17. The minimum Gasteiger partial charge on any atom is -0.480 e. The van der Waals surface area contributed by atoms with Gasteiger partial charge in [0.1, 0.15) is 17.7 Å². The standard InChI is InChI=1S/C29H36F2N6O2/c30-25(31)15-20-37(18-5-4-10-23-12-11-22-9-6-16-32-27(22)34-23)19-14-24(29(38)39)35-26-13-17-33-28(36-26)21-7-2-1-3-8-21/h1-3,7-8,11-13,17,24-25H,4-6,9-10,14-16,18-20H2,(H,32,34)(H,38,39)(H,33,35,36). The first-order valence-electron chi connectivity index (χ1n) is 13.6. The highest BCUT2D eigenvalue weighted by Gasteiger charge is 2.20. The van der Waals surface area contributed by atoms with Crippen LogP contribution in [0, 0.1) is 0 Å². The van der Waals surface area contributed by atoms with E-state index in [4.69, 9.17) is 4.98 Å². The second-order valence-electron chi connectivity index (χ2n) is 9.77. The van der Waals surface area contributed by atoms with Crippen molar-refractivity contribution in [2.75, 3.05) is 36.8 Å². The molecule has 1 aliphatic rings. The highest BCUT2D eigenvalue weighted by molar-refractivity contribution is 5.77. The van der Waals surface area contributed by atoms with Crippen molar-refractivity contribution in [1.82, 2.24) is 19.9 Å². The quantitative estimate of drug-likeness (QED) is 0.229. The highest BCUT2D eigenvalue weighted by Crippen LogP contribution is 2.21. The summed E-state index contributed by atoms with van der Waals surface area (Å²) in [5, 5.41) is 16.2. The molecule has 3 aromatic rings. The lowest BCUT2D eigenvalue weighted by atomic mass is 10.1. The van der Waals surface area contributed by atoms with Gasteiger partial charge in [0, 0.05) is 43.5 Å². The normalized spacial score (nSPS) is 13.6. The minimum atomic E-state index is -2.40. The smallest absolute Gasteiger partial charge is 0.326 e. The van der Waals surface area contributed by atoms with Crippen molar-refractivity contribution in [3.63, 3.8) is 0 Å². The fourth-order valence-electron chi connectivity index (χ4n) is 4.68. The molecule has 4 rings (SSSR count). The number of rotatable bonds is 15. The first kappa shape index (κ1) is 28.4. The topological polar surface area (TPSA) is 103 Å². The number of nitrogens with one attached hydrogen (secondary N) is 2. The first-order chi connectivity index (χ1) is 19.0. The number of fused-ring (bicyclic) bond motifs is 1. The summed E-state index contributed by atoms with van der Waals surface area (Å²) in [4.78, 5) is 27.4. The van der Waals surface area contributed by atoms with Gasteiger partial charge in [-0.25, -0.2) is 28.5 Å². The van der Waals surface area contributed by atoms with Crippen LogP contribution < -0.4 is 10.6 Å². The van der Waals surface area contributed by atoms with Crippen molar-refractivity contribution in [2.24, 2.45) is 0 Å². The number of anilines is 2. The molecular weight excluding hydrogens is 502 g/mol. The summed E-state index contributed by atoms with van der Waals surface area (Å²) in [7, 11) is 0. The van der Waals surface area contributed by atoms with Crippen LogP contribution in [0.25, 0.3) is 11.4 Å². The van der Waals surface area contributed by atoms with E-state index in [-0.39, 0.29) is 19.4 Å².